The number of hydrogen-bond donors (Lipinski definition) is 2. The summed E-state index contributed by atoms with van der Waals surface area (Å²) in [6.07, 6.45) is 11.4. The van der Waals surface area contributed by atoms with E-state index in [2.05, 4.69) is 27.3 Å². The Labute approximate surface area is 147 Å². The second kappa shape index (κ2) is 7.44. The Bertz CT molecular complexity index is 906. The molecule has 0 aromatic carbocycles. The number of nitrogens with one attached hydrogen (secondary N) is 2. The Kier molecular flexibility index (Phi) is 5.09. The highest BCUT2D eigenvalue weighted by atomic mass is 16.2. The van der Waals surface area contributed by atoms with Crippen LogP contribution in [0.3, 0.4) is 0 Å². The first-order chi connectivity index (χ1) is 12.0. The molecule has 1 aliphatic heterocycles. The van der Waals surface area contributed by atoms with E-state index in [4.69, 9.17) is 0 Å². The van der Waals surface area contributed by atoms with Crippen molar-refractivity contribution in [2.45, 2.75) is 25.8 Å². The molecule has 2 N–H and O–H groups in total. The van der Waals surface area contributed by atoms with Gasteiger partial charge >= 0.3 is 0 Å². The van der Waals surface area contributed by atoms with E-state index in [0.717, 1.165) is 41.0 Å². The van der Waals surface area contributed by atoms with Crippen molar-refractivity contribution < 1.29 is 4.79 Å². The molecule has 0 saturated carbocycles. The van der Waals surface area contributed by atoms with E-state index in [1.54, 1.807) is 16.9 Å². The number of carbonyl (C=O) groups excluding carboxylic acids is 1. The second-order valence-electron chi connectivity index (χ2n) is 6.33. The number of anilines is 1. The number of pyridine rings is 1. The summed E-state index contributed by atoms with van der Waals surface area (Å²) in [6, 6.07) is 1.68. The van der Waals surface area contributed by atoms with E-state index < -0.39 is 0 Å². The molecule has 6 nitrogen and oxygen atoms in total. The van der Waals surface area contributed by atoms with Gasteiger partial charge in [0.1, 0.15) is 5.82 Å². The highest BCUT2D eigenvalue weighted by Crippen LogP contribution is 2.11. The molecular weight excluding hydrogens is 314 g/mol. The van der Waals surface area contributed by atoms with E-state index in [0.29, 0.717) is 5.82 Å². The minimum absolute atomic E-state index is 0.0338. The number of carbonyl (C=O) groups is 1. The number of hydrogen-bond acceptors (Lipinski definition) is 4. The Morgan fingerprint density at radius 2 is 2.32 bits per heavy atom. The number of aromatic nitrogens is 3. The molecule has 130 valence electrons. The number of allylic oxidation sites excluding steroid dienone is 2. The summed E-state index contributed by atoms with van der Waals surface area (Å²) in [7, 11) is 1.90. The average molecular weight is 337 g/mol. The first-order valence-electron chi connectivity index (χ1n) is 8.40. The van der Waals surface area contributed by atoms with Crippen molar-refractivity contribution in [3.05, 3.63) is 46.7 Å². The number of amides is 1. The maximum Gasteiger partial charge on any atom is 0.242 e. The van der Waals surface area contributed by atoms with Crippen molar-refractivity contribution in [1.82, 2.24) is 20.1 Å². The highest BCUT2D eigenvalue weighted by molar-refractivity contribution is 5.94. The van der Waals surface area contributed by atoms with Crippen molar-refractivity contribution in [2.75, 3.05) is 11.9 Å². The molecule has 3 rings (SSSR count). The summed E-state index contributed by atoms with van der Waals surface area (Å²) >= 11 is 0. The zero-order chi connectivity index (χ0) is 17.8. The molecule has 25 heavy (non-hydrogen) atoms. The van der Waals surface area contributed by atoms with Crippen LogP contribution in [0.1, 0.15) is 25.3 Å². The van der Waals surface area contributed by atoms with Gasteiger partial charge in [-0.3, -0.25) is 9.48 Å². The van der Waals surface area contributed by atoms with Gasteiger partial charge in [-0.1, -0.05) is 18.7 Å². The van der Waals surface area contributed by atoms with Crippen LogP contribution in [-0.4, -0.2) is 33.3 Å². The number of nitrogens with zero attached hydrogens (tertiary/aromatic N) is 3. The van der Waals surface area contributed by atoms with E-state index in [1.165, 1.54) is 0 Å². The first kappa shape index (κ1) is 17.1. The van der Waals surface area contributed by atoms with Gasteiger partial charge in [0, 0.05) is 25.0 Å². The average Bonchev–Trinajstić information content (AvgIpc) is 3.25. The lowest BCUT2D eigenvalue weighted by atomic mass is 10.1. The fourth-order valence-corrected chi connectivity index (χ4v) is 2.78. The van der Waals surface area contributed by atoms with Gasteiger partial charge < -0.3 is 10.6 Å². The summed E-state index contributed by atoms with van der Waals surface area (Å²) in [5.74, 6) is 0.502. The van der Waals surface area contributed by atoms with Gasteiger partial charge in [-0.15, -0.1) is 0 Å². The standard InChI is InChI=1S/C19H23N5O/c1-13(16-11-22-24(3)12-16)6-7-15-10-21-18(9-14(15)2)23-19(25)17-5-4-8-20-17/h6-7,9-12,17,20H,2,4-5,8H2,1,3H3,(H,23,25)/b13-6+,15-7-/t17-/m1/s1. The molecule has 1 atom stereocenters. The molecule has 0 radical (unpaired) electrons. The van der Waals surface area contributed by atoms with Crippen LogP contribution in [0, 0.1) is 0 Å². The third-order valence-corrected chi connectivity index (χ3v) is 4.33. The zero-order valence-electron chi connectivity index (χ0n) is 14.6. The van der Waals surface area contributed by atoms with Crippen LogP contribution in [0.25, 0.3) is 18.2 Å². The Morgan fingerprint density at radius 3 is 2.96 bits per heavy atom. The monoisotopic (exact) mass is 337 g/mol. The van der Waals surface area contributed by atoms with E-state index >= 15 is 0 Å². The summed E-state index contributed by atoms with van der Waals surface area (Å²) in [5, 5.41) is 11.9. The van der Waals surface area contributed by atoms with E-state index in [1.807, 2.05) is 38.5 Å². The summed E-state index contributed by atoms with van der Waals surface area (Å²) in [5.41, 5.74) is 2.18. The molecule has 1 aliphatic rings. The van der Waals surface area contributed by atoms with E-state index in [9.17, 15) is 4.79 Å². The van der Waals surface area contributed by atoms with Crippen LogP contribution in [0.15, 0.2) is 30.7 Å². The SMILES string of the molecule is C=c1cc(NC(=O)[C@H]2CCCN2)nc/c1=C/C=C(\C)c1cnn(C)c1. The van der Waals surface area contributed by atoms with Crippen LogP contribution >= 0.6 is 0 Å². The zero-order valence-corrected chi connectivity index (χ0v) is 14.6. The second-order valence-corrected chi connectivity index (χ2v) is 6.33. The Balaban J connectivity index is 1.75. The van der Waals surface area contributed by atoms with Crippen LogP contribution in [0.5, 0.6) is 0 Å². The van der Waals surface area contributed by atoms with Gasteiger partial charge in [0.25, 0.3) is 0 Å². The molecule has 0 bridgehead atoms. The Hall–Kier alpha value is -2.73. The lowest BCUT2D eigenvalue weighted by Gasteiger charge is -2.10. The quantitative estimate of drug-likeness (QED) is 0.866. The van der Waals surface area contributed by atoms with Gasteiger partial charge in [0.15, 0.2) is 0 Å². The molecule has 1 amide bonds. The fraction of sp³-hybridized carbons (Fsp3) is 0.316. The number of aryl methyl sites for hydroxylation is 1. The third kappa shape index (κ3) is 4.22. The van der Waals surface area contributed by atoms with Crippen LogP contribution in [0.2, 0.25) is 0 Å². The highest BCUT2D eigenvalue weighted by Gasteiger charge is 2.21. The normalized spacial score (nSPS) is 18.6. The summed E-state index contributed by atoms with van der Waals surface area (Å²) in [6.45, 7) is 6.98. The molecule has 0 spiro atoms. The van der Waals surface area contributed by atoms with Gasteiger partial charge in [-0.2, -0.15) is 5.10 Å². The molecule has 0 unspecified atom stereocenters. The van der Waals surface area contributed by atoms with Crippen LogP contribution < -0.4 is 21.1 Å². The maximum atomic E-state index is 12.1. The molecule has 0 aliphatic carbocycles. The minimum atomic E-state index is -0.119. The molecule has 1 fully saturated rings. The van der Waals surface area contributed by atoms with Crippen LogP contribution in [0.4, 0.5) is 5.82 Å². The van der Waals surface area contributed by atoms with E-state index in [-0.39, 0.29) is 11.9 Å². The van der Waals surface area contributed by atoms with Crippen molar-refractivity contribution in [1.29, 1.82) is 0 Å². The van der Waals surface area contributed by atoms with Gasteiger partial charge in [-0.25, -0.2) is 4.98 Å². The maximum absolute atomic E-state index is 12.1. The predicted octanol–water partition coefficient (Wildman–Crippen LogP) is 0.800. The number of rotatable bonds is 4. The predicted molar refractivity (Wildman–Crippen MR) is 100.0 cm³/mol. The molecule has 6 heteroatoms. The van der Waals surface area contributed by atoms with Gasteiger partial charge in [-0.05, 0) is 48.4 Å². The summed E-state index contributed by atoms with van der Waals surface area (Å²) < 4.78 is 1.78. The van der Waals surface area contributed by atoms with Crippen molar-refractivity contribution in [2.24, 2.45) is 7.05 Å². The van der Waals surface area contributed by atoms with Crippen molar-refractivity contribution in [3.8, 4) is 0 Å². The molecular formula is C19H23N5O. The lowest BCUT2D eigenvalue weighted by Crippen LogP contribution is -2.36. The molecule has 2 aromatic rings. The van der Waals surface area contributed by atoms with Gasteiger partial charge in [0.2, 0.25) is 5.91 Å². The molecule has 3 heterocycles. The largest absolute Gasteiger partial charge is 0.309 e. The van der Waals surface area contributed by atoms with Crippen LogP contribution in [-0.2, 0) is 11.8 Å². The minimum Gasteiger partial charge on any atom is -0.309 e. The summed E-state index contributed by atoms with van der Waals surface area (Å²) in [4.78, 5) is 16.5. The van der Waals surface area contributed by atoms with Crippen molar-refractivity contribution in [3.63, 3.8) is 0 Å². The smallest absolute Gasteiger partial charge is 0.242 e. The lowest BCUT2D eigenvalue weighted by molar-refractivity contribution is -0.117. The molecule has 1 saturated heterocycles. The topological polar surface area (TPSA) is 71.8 Å². The van der Waals surface area contributed by atoms with Gasteiger partial charge in [0.05, 0.1) is 12.2 Å². The van der Waals surface area contributed by atoms with Crippen molar-refractivity contribution >= 4 is 30.0 Å². The first-order valence-corrected chi connectivity index (χ1v) is 8.40. The molecule has 2 aromatic heterocycles. The third-order valence-electron chi connectivity index (χ3n) is 4.33. The fourth-order valence-electron chi connectivity index (χ4n) is 2.78. The Morgan fingerprint density at radius 1 is 1.48 bits per heavy atom.